The number of anilines is 3. The van der Waals surface area contributed by atoms with Crippen LogP contribution in [-0.4, -0.2) is 9.13 Å². The molecule has 0 N–H and O–H groups in total. The first kappa shape index (κ1) is 45.4. The van der Waals surface area contributed by atoms with Gasteiger partial charge in [0, 0.05) is 55.4 Å². The molecule has 15 rings (SSSR count). The molecule has 368 valence electrons. The van der Waals surface area contributed by atoms with Crippen molar-refractivity contribution >= 4 is 60.7 Å². The van der Waals surface area contributed by atoms with Crippen LogP contribution in [0.2, 0.25) is 0 Å². The number of benzene rings is 12. The topological polar surface area (TPSA) is 13.1 Å². The van der Waals surface area contributed by atoms with Gasteiger partial charge in [-0.2, -0.15) is 0 Å². The van der Waals surface area contributed by atoms with E-state index in [0.717, 1.165) is 61.8 Å². The Morgan fingerprint density at radius 3 is 1.36 bits per heavy atom. The Morgan fingerprint density at radius 1 is 0.256 bits per heavy atom. The van der Waals surface area contributed by atoms with Crippen molar-refractivity contribution in [1.29, 1.82) is 0 Å². The normalized spacial score (nSPS) is 12.6. The predicted octanol–water partition coefficient (Wildman–Crippen LogP) is 20.3. The van der Waals surface area contributed by atoms with Crippen molar-refractivity contribution in [3.05, 3.63) is 296 Å². The van der Waals surface area contributed by atoms with E-state index >= 15 is 0 Å². The lowest BCUT2D eigenvalue weighted by Crippen LogP contribution is -2.14. The number of hydrogen-bond acceptors (Lipinski definition) is 1. The highest BCUT2D eigenvalue weighted by Gasteiger charge is 2.35. The Hall–Kier alpha value is -9.96. The molecule has 0 unspecified atom stereocenters. The van der Waals surface area contributed by atoms with Crippen molar-refractivity contribution < 1.29 is 0 Å². The Labute approximate surface area is 454 Å². The molecule has 14 aromatic rings. The van der Waals surface area contributed by atoms with E-state index in [-0.39, 0.29) is 5.41 Å². The van der Waals surface area contributed by atoms with Gasteiger partial charge in [0.2, 0.25) is 0 Å². The van der Waals surface area contributed by atoms with Crippen molar-refractivity contribution in [2.45, 2.75) is 19.3 Å². The van der Waals surface area contributed by atoms with Crippen LogP contribution in [0.25, 0.3) is 111 Å². The van der Waals surface area contributed by atoms with E-state index < -0.39 is 0 Å². The predicted molar refractivity (Wildman–Crippen MR) is 329 cm³/mol. The van der Waals surface area contributed by atoms with Crippen LogP contribution in [-0.2, 0) is 5.41 Å². The summed E-state index contributed by atoms with van der Waals surface area (Å²) in [7, 11) is 0. The molecule has 1 aliphatic rings. The summed E-state index contributed by atoms with van der Waals surface area (Å²) < 4.78 is 4.90. The number of rotatable bonds is 9. The molecule has 0 saturated carbocycles. The quantitative estimate of drug-likeness (QED) is 0.140. The second-order valence-corrected chi connectivity index (χ2v) is 21.3. The van der Waals surface area contributed by atoms with Gasteiger partial charge in [-0.3, -0.25) is 0 Å². The summed E-state index contributed by atoms with van der Waals surface area (Å²) in [4.78, 5) is 2.36. The van der Waals surface area contributed by atoms with Crippen LogP contribution in [0.3, 0.4) is 0 Å². The van der Waals surface area contributed by atoms with Crippen molar-refractivity contribution in [3.8, 4) is 67.0 Å². The molecule has 3 heteroatoms. The van der Waals surface area contributed by atoms with Gasteiger partial charge in [-0.1, -0.05) is 196 Å². The van der Waals surface area contributed by atoms with Gasteiger partial charge >= 0.3 is 0 Å². The molecule has 1 aliphatic carbocycles. The SMILES string of the molecule is CC1(C)c2ccccc2-c2cc(-n3c4ccccc4c4ccc(-c5cc(-c6ccc(N(c7ccccc7)c7cccc(-c8ccccc8)c7)cc6)cc(-c6ccc7c8ccccc8n(-c8ccccc8)c7c6)c5)cc43)ccc21. The van der Waals surface area contributed by atoms with E-state index in [0.29, 0.717) is 0 Å². The second kappa shape index (κ2) is 18.1. The molecule has 12 aromatic carbocycles. The maximum atomic E-state index is 2.48. The fraction of sp³-hybridized carbons (Fsp3) is 0.0400. The van der Waals surface area contributed by atoms with Crippen molar-refractivity contribution in [2.75, 3.05) is 4.90 Å². The molecule has 0 atom stereocenters. The maximum absolute atomic E-state index is 2.48. The zero-order valence-corrected chi connectivity index (χ0v) is 43.5. The minimum Gasteiger partial charge on any atom is -0.310 e. The lowest BCUT2D eigenvalue weighted by atomic mass is 9.82. The van der Waals surface area contributed by atoms with Gasteiger partial charge in [-0.05, 0) is 170 Å². The molecule has 0 bridgehead atoms. The first-order valence-electron chi connectivity index (χ1n) is 27.1. The van der Waals surface area contributed by atoms with Crippen LogP contribution in [0.15, 0.2) is 285 Å². The summed E-state index contributed by atoms with van der Waals surface area (Å²) in [6.45, 7) is 4.71. The van der Waals surface area contributed by atoms with Gasteiger partial charge < -0.3 is 14.0 Å². The molecular formula is C75H53N3. The van der Waals surface area contributed by atoms with Gasteiger partial charge in [-0.25, -0.2) is 0 Å². The first-order chi connectivity index (χ1) is 38.4. The number of hydrogen-bond donors (Lipinski definition) is 0. The fourth-order valence-corrected chi connectivity index (χ4v) is 12.7. The molecule has 2 aromatic heterocycles. The van der Waals surface area contributed by atoms with E-state index in [2.05, 4.69) is 313 Å². The van der Waals surface area contributed by atoms with Crippen molar-refractivity contribution in [2.24, 2.45) is 0 Å². The van der Waals surface area contributed by atoms with E-state index in [1.165, 1.54) is 77.0 Å². The van der Waals surface area contributed by atoms with Gasteiger partial charge in [-0.15, -0.1) is 0 Å². The van der Waals surface area contributed by atoms with E-state index in [4.69, 9.17) is 0 Å². The van der Waals surface area contributed by atoms with Gasteiger partial charge in [0.15, 0.2) is 0 Å². The van der Waals surface area contributed by atoms with Crippen LogP contribution < -0.4 is 4.90 Å². The molecule has 0 radical (unpaired) electrons. The maximum Gasteiger partial charge on any atom is 0.0547 e. The van der Waals surface area contributed by atoms with E-state index in [1.807, 2.05) is 0 Å². The lowest BCUT2D eigenvalue weighted by Gasteiger charge is -2.26. The Balaban J connectivity index is 0.907. The van der Waals surface area contributed by atoms with Gasteiger partial charge in [0.25, 0.3) is 0 Å². The molecule has 0 spiro atoms. The van der Waals surface area contributed by atoms with Crippen molar-refractivity contribution in [3.63, 3.8) is 0 Å². The number of nitrogens with zero attached hydrogens (tertiary/aromatic N) is 3. The van der Waals surface area contributed by atoms with Crippen LogP contribution in [0.1, 0.15) is 25.0 Å². The molecule has 78 heavy (non-hydrogen) atoms. The van der Waals surface area contributed by atoms with Crippen LogP contribution in [0.4, 0.5) is 17.1 Å². The first-order valence-corrected chi connectivity index (χ1v) is 27.1. The average molecular weight is 996 g/mol. The smallest absolute Gasteiger partial charge is 0.0547 e. The third-order valence-electron chi connectivity index (χ3n) is 16.5. The summed E-state index contributed by atoms with van der Waals surface area (Å²) >= 11 is 0. The molecule has 0 saturated heterocycles. The Kier molecular flexibility index (Phi) is 10.6. The highest BCUT2D eigenvalue weighted by molar-refractivity contribution is 6.12. The highest BCUT2D eigenvalue weighted by Crippen LogP contribution is 2.50. The summed E-state index contributed by atoms with van der Waals surface area (Å²) in [5.74, 6) is 0. The molecule has 0 aliphatic heterocycles. The fourth-order valence-electron chi connectivity index (χ4n) is 12.7. The van der Waals surface area contributed by atoms with Gasteiger partial charge in [0.1, 0.15) is 0 Å². The third kappa shape index (κ3) is 7.42. The molecule has 2 heterocycles. The number of para-hydroxylation sites is 4. The van der Waals surface area contributed by atoms with Gasteiger partial charge in [0.05, 0.1) is 22.1 Å². The zero-order chi connectivity index (χ0) is 51.9. The summed E-state index contributed by atoms with van der Waals surface area (Å²) in [5.41, 5.74) is 25.0. The third-order valence-corrected chi connectivity index (χ3v) is 16.5. The number of fused-ring (bicyclic) bond motifs is 9. The summed E-state index contributed by atoms with van der Waals surface area (Å²) in [5, 5.41) is 4.96. The van der Waals surface area contributed by atoms with Crippen molar-refractivity contribution in [1.82, 2.24) is 9.13 Å². The van der Waals surface area contributed by atoms with Crippen LogP contribution in [0, 0.1) is 0 Å². The summed E-state index contributed by atoms with van der Waals surface area (Å²) in [6, 6.07) is 105. The van der Waals surface area contributed by atoms with Crippen LogP contribution in [0.5, 0.6) is 0 Å². The molecular weight excluding hydrogens is 943 g/mol. The lowest BCUT2D eigenvalue weighted by molar-refractivity contribution is 0.660. The molecule has 0 fully saturated rings. The van der Waals surface area contributed by atoms with E-state index in [1.54, 1.807) is 0 Å². The summed E-state index contributed by atoms with van der Waals surface area (Å²) in [6.07, 6.45) is 0. The monoisotopic (exact) mass is 995 g/mol. The minimum absolute atomic E-state index is 0.0695. The zero-order valence-electron chi connectivity index (χ0n) is 43.5. The Bertz CT molecular complexity index is 4620. The molecule has 3 nitrogen and oxygen atoms in total. The highest BCUT2D eigenvalue weighted by atomic mass is 15.1. The average Bonchev–Trinajstić information content (AvgIpc) is 4.32. The molecule has 0 amide bonds. The largest absolute Gasteiger partial charge is 0.310 e. The number of aromatic nitrogens is 2. The Morgan fingerprint density at radius 2 is 0.705 bits per heavy atom. The van der Waals surface area contributed by atoms with Crippen LogP contribution >= 0.6 is 0 Å². The second-order valence-electron chi connectivity index (χ2n) is 21.3. The minimum atomic E-state index is -0.0695. The van der Waals surface area contributed by atoms with E-state index in [9.17, 15) is 0 Å². The standard InChI is InChI=1S/C75H53N3/c1-75(2)69-30-15-12-27-63(69)68-49-62(39-42-70(68)75)78-72-32-17-14-29-65(72)67-41-36-54(48-74(67)78)57-44-55(43-56(45-57)53-35-40-66-64-28-13-16-31-71(64)77(73(66)47-53)59-24-10-5-11-25-59)51-33-37-60(38-34-51)76(58-22-8-4-9-23-58)61-26-18-21-52(46-61)50-19-6-3-7-20-50/h3-49H,1-2H3.